The van der Waals surface area contributed by atoms with Gasteiger partial charge in [0.1, 0.15) is 6.33 Å². The van der Waals surface area contributed by atoms with Gasteiger partial charge in [-0.1, -0.05) is 6.07 Å². The highest BCUT2D eigenvalue weighted by atomic mass is 35.5. The molecule has 0 aliphatic heterocycles. The number of nitrogens with zero attached hydrogens (tertiary/aromatic N) is 12. The van der Waals surface area contributed by atoms with Crippen LogP contribution in [-0.2, 0) is 6.42 Å². The number of halogens is 2. The molecule has 8 aromatic rings. The summed E-state index contributed by atoms with van der Waals surface area (Å²) < 4.78 is 3.96. The molecule has 1 unspecified atom stereocenters. The quantitative estimate of drug-likeness (QED) is 0.130. The topological polar surface area (TPSA) is 163 Å². The van der Waals surface area contributed by atoms with Crippen LogP contribution in [0.25, 0.3) is 44.8 Å². The molecule has 8 rings (SSSR count). The highest BCUT2D eigenvalue weighted by molar-refractivity contribution is 6.29. The van der Waals surface area contributed by atoms with Crippen LogP contribution in [0, 0.1) is 0 Å². The largest absolute Gasteiger partial charge is 0.338 e. The lowest BCUT2D eigenvalue weighted by Crippen LogP contribution is -2.09. The maximum Gasteiger partial charge on any atom is 0.226 e. The number of rotatable bonds is 10. The lowest BCUT2D eigenvalue weighted by atomic mass is 10.00. The van der Waals surface area contributed by atoms with E-state index in [-0.39, 0.29) is 22.7 Å². The third kappa shape index (κ3) is 6.68. The summed E-state index contributed by atoms with van der Waals surface area (Å²) in [6.07, 6.45) is 12.6. The third-order valence-electron chi connectivity index (χ3n) is 8.47. The van der Waals surface area contributed by atoms with Crippen molar-refractivity contribution in [3.63, 3.8) is 0 Å². The van der Waals surface area contributed by atoms with Gasteiger partial charge in [-0.2, -0.15) is 19.9 Å². The molecule has 1 atom stereocenters. The molecule has 0 amide bonds. The van der Waals surface area contributed by atoms with Crippen LogP contribution in [0.2, 0.25) is 10.6 Å². The monoisotopic (exact) mass is 728 g/mol. The summed E-state index contributed by atoms with van der Waals surface area (Å²) in [5.41, 5.74) is 7.78. The second-order valence-electron chi connectivity index (χ2n) is 12.4. The molecule has 0 bridgehead atoms. The Balaban J connectivity index is 1.10. The zero-order valence-electron chi connectivity index (χ0n) is 28.1. The van der Waals surface area contributed by atoms with E-state index in [0.29, 0.717) is 46.2 Å². The number of nitrogens with one attached hydrogen (secondary N) is 2. The highest BCUT2D eigenvalue weighted by Crippen LogP contribution is 2.32. The van der Waals surface area contributed by atoms with E-state index in [2.05, 4.69) is 88.4 Å². The molecular formula is C36H30Cl2N14. The Morgan fingerprint density at radius 2 is 1.27 bits per heavy atom. The van der Waals surface area contributed by atoms with Crippen LogP contribution in [0.5, 0.6) is 0 Å². The third-order valence-corrected chi connectivity index (χ3v) is 8.81. The van der Waals surface area contributed by atoms with Gasteiger partial charge < -0.3 is 19.8 Å². The van der Waals surface area contributed by atoms with E-state index in [9.17, 15) is 0 Å². The van der Waals surface area contributed by atoms with E-state index in [1.54, 1.807) is 43.5 Å². The number of fused-ring (bicyclic) bond motifs is 2. The van der Waals surface area contributed by atoms with Crippen molar-refractivity contribution in [1.82, 2.24) is 59.0 Å². The molecule has 2 N–H and O–H groups in total. The van der Waals surface area contributed by atoms with E-state index in [0.717, 1.165) is 33.6 Å². The first-order valence-electron chi connectivity index (χ1n) is 16.4. The molecule has 14 nitrogen and oxygen atoms in total. The maximum atomic E-state index is 6.48. The number of aromatic nitrogens is 12. The van der Waals surface area contributed by atoms with Crippen molar-refractivity contribution in [3.05, 3.63) is 108 Å². The van der Waals surface area contributed by atoms with Gasteiger partial charge >= 0.3 is 0 Å². The molecule has 0 saturated heterocycles. The summed E-state index contributed by atoms with van der Waals surface area (Å²) in [4.78, 5) is 44.4. The molecule has 6 heterocycles. The Morgan fingerprint density at radius 3 is 1.92 bits per heavy atom. The number of hydrogen-bond acceptors (Lipinski definition) is 12. The van der Waals surface area contributed by atoms with E-state index < -0.39 is 0 Å². The molecule has 0 spiro atoms. The Bertz CT molecular complexity index is 2520. The van der Waals surface area contributed by atoms with Crippen LogP contribution in [0.3, 0.4) is 0 Å². The summed E-state index contributed by atoms with van der Waals surface area (Å²) >= 11 is 12.9. The number of anilines is 4. The first-order chi connectivity index (χ1) is 25.3. The van der Waals surface area contributed by atoms with Crippen LogP contribution in [0.1, 0.15) is 38.4 Å². The van der Waals surface area contributed by atoms with E-state index >= 15 is 0 Å². The fraction of sp³-hybridized carbons (Fsp3) is 0.167. The fourth-order valence-corrected chi connectivity index (χ4v) is 6.34. The van der Waals surface area contributed by atoms with Gasteiger partial charge in [-0.15, -0.1) is 0 Å². The normalized spacial score (nSPS) is 12.1. The summed E-state index contributed by atoms with van der Waals surface area (Å²) in [5, 5.41) is 7.03. The van der Waals surface area contributed by atoms with Gasteiger partial charge in [-0.3, -0.25) is 0 Å². The van der Waals surface area contributed by atoms with Crippen LogP contribution < -0.4 is 10.6 Å². The average Bonchev–Trinajstić information content (AvgIpc) is 3.78. The minimum absolute atomic E-state index is 0.0777. The number of hydrogen-bond donors (Lipinski definition) is 2. The van der Waals surface area contributed by atoms with Crippen LogP contribution in [0.4, 0.5) is 23.0 Å². The highest BCUT2D eigenvalue weighted by Gasteiger charge is 2.19. The molecule has 0 aliphatic carbocycles. The molecule has 0 saturated carbocycles. The van der Waals surface area contributed by atoms with E-state index in [4.69, 9.17) is 28.2 Å². The van der Waals surface area contributed by atoms with Gasteiger partial charge in [0.15, 0.2) is 39.8 Å². The molecule has 2 aromatic carbocycles. The Morgan fingerprint density at radius 1 is 0.654 bits per heavy atom. The van der Waals surface area contributed by atoms with Crippen LogP contribution >= 0.6 is 23.2 Å². The molecule has 0 radical (unpaired) electrons. The zero-order chi connectivity index (χ0) is 35.8. The van der Waals surface area contributed by atoms with Crippen molar-refractivity contribution in [2.45, 2.75) is 39.3 Å². The zero-order valence-corrected chi connectivity index (χ0v) is 29.7. The van der Waals surface area contributed by atoms with Gasteiger partial charge in [0.2, 0.25) is 10.6 Å². The molecule has 16 heteroatoms. The smallest absolute Gasteiger partial charge is 0.226 e. The fourth-order valence-electron chi connectivity index (χ4n) is 6.02. The van der Waals surface area contributed by atoms with E-state index in [1.165, 1.54) is 6.33 Å². The summed E-state index contributed by atoms with van der Waals surface area (Å²) in [6, 6.07) is 15.8. The molecule has 0 aliphatic rings. The van der Waals surface area contributed by atoms with Gasteiger partial charge in [0.05, 0.1) is 12.7 Å². The van der Waals surface area contributed by atoms with Crippen molar-refractivity contribution in [2.24, 2.45) is 0 Å². The predicted octanol–water partition coefficient (Wildman–Crippen LogP) is 8.06. The summed E-state index contributed by atoms with van der Waals surface area (Å²) in [7, 11) is 0. The van der Waals surface area contributed by atoms with Crippen molar-refractivity contribution >= 4 is 68.5 Å². The minimum atomic E-state index is -0.0777. The van der Waals surface area contributed by atoms with Crippen molar-refractivity contribution in [1.29, 1.82) is 0 Å². The van der Waals surface area contributed by atoms with Gasteiger partial charge in [-0.25, -0.2) is 29.9 Å². The van der Waals surface area contributed by atoms with Crippen molar-refractivity contribution in [2.75, 3.05) is 10.6 Å². The van der Waals surface area contributed by atoms with Crippen molar-refractivity contribution < 1.29 is 0 Å². The predicted molar refractivity (Wildman–Crippen MR) is 201 cm³/mol. The van der Waals surface area contributed by atoms with Gasteiger partial charge in [0.25, 0.3) is 0 Å². The minimum Gasteiger partial charge on any atom is -0.338 e. The van der Waals surface area contributed by atoms with Gasteiger partial charge in [0, 0.05) is 59.4 Å². The SMILES string of the molecule is CC(C)n1cnc2c(Nc3cc(CC(C)n4cnc5c(Nc6ccc(-c7ncccn7)cc6)nc(Cl)nc54)cc(-c4cncnc4)c3)nc(Cl)nc21. The lowest BCUT2D eigenvalue weighted by Gasteiger charge is -2.17. The second-order valence-corrected chi connectivity index (χ2v) is 13.1. The standard InChI is InChI=1S/C36H30Cl2N14/c1-20(2)51-18-43-28-32(48-35(37)49-33(28)51)46-27-13-22(12-24(14-27)25-15-39-17-40-16-25)11-21(3)52-19-44-29-31(47-36(38)50-34(29)52)45-26-7-5-23(6-8-26)30-41-9-4-10-42-30/h4-10,12-21H,11H2,1-3H3,(H,45,47,50)(H,46,48,49). The van der Waals surface area contributed by atoms with E-state index in [1.807, 2.05) is 39.5 Å². The first-order valence-corrected chi connectivity index (χ1v) is 17.2. The molecular weight excluding hydrogens is 699 g/mol. The second kappa shape index (κ2) is 13.9. The van der Waals surface area contributed by atoms with Crippen LogP contribution in [-0.4, -0.2) is 59.0 Å². The molecule has 52 heavy (non-hydrogen) atoms. The molecule has 258 valence electrons. The van der Waals surface area contributed by atoms with Gasteiger partial charge in [-0.05, 0) is 104 Å². The average molecular weight is 730 g/mol. The summed E-state index contributed by atoms with van der Waals surface area (Å²) in [6.45, 7) is 6.22. The Hall–Kier alpha value is -6.12. The molecule has 0 fully saturated rings. The lowest BCUT2D eigenvalue weighted by molar-refractivity contribution is 0.555. The number of imidazole rings is 2. The summed E-state index contributed by atoms with van der Waals surface area (Å²) in [5.74, 6) is 1.65. The number of benzene rings is 2. The maximum absolute atomic E-state index is 6.48. The Labute approximate surface area is 307 Å². The Kier molecular flexibility index (Phi) is 8.83. The van der Waals surface area contributed by atoms with Crippen LogP contribution in [0.15, 0.2) is 92.3 Å². The first kappa shape index (κ1) is 33.0. The molecule has 6 aromatic heterocycles. The van der Waals surface area contributed by atoms with Crippen molar-refractivity contribution in [3.8, 4) is 22.5 Å².